The predicted molar refractivity (Wildman–Crippen MR) is 72.4 cm³/mol. The molecule has 0 aliphatic carbocycles. The lowest BCUT2D eigenvalue weighted by molar-refractivity contribution is 0.191. The Balaban J connectivity index is 2.87. The van der Waals surface area contributed by atoms with Crippen molar-refractivity contribution < 1.29 is 4.74 Å². The fourth-order valence-corrected chi connectivity index (χ4v) is 1.81. The molecule has 0 bridgehead atoms. The van der Waals surface area contributed by atoms with Crippen molar-refractivity contribution in [2.75, 3.05) is 13.7 Å². The van der Waals surface area contributed by atoms with Gasteiger partial charge in [0.25, 0.3) is 5.56 Å². The first-order chi connectivity index (χ1) is 8.07. The molecule has 1 aromatic rings. The highest BCUT2D eigenvalue weighted by molar-refractivity contribution is 7.80. The summed E-state index contributed by atoms with van der Waals surface area (Å²) in [5.74, 6) is 0. The molecule has 1 rings (SSSR count). The van der Waals surface area contributed by atoms with Gasteiger partial charge < -0.3 is 15.0 Å². The van der Waals surface area contributed by atoms with Crippen LogP contribution < -0.4 is 11.3 Å². The molecule has 0 unspecified atom stereocenters. The van der Waals surface area contributed by atoms with Gasteiger partial charge in [0.1, 0.15) is 4.99 Å². The molecule has 0 radical (unpaired) electrons. The van der Waals surface area contributed by atoms with Gasteiger partial charge in [-0.05, 0) is 31.9 Å². The fraction of sp³-hybridized carbons (Fsp3) is 0.500. The largest absolute Gasteiger partial charge is 0.389 e. The number of methoxy groups -OCH3 is 1. The number of hydrogen-bond acceptors (Lipinski definition) is 3. The third-order valence-corrected chi connectivity index (χ3v) is 2.86. The summed E-state index contributed by atoms with van der Waals surface area (Å²) in [7, 11) is 1.67. The van der Waals surface area contributed by atoms with E-state index in [0.717, 1.165) is 18.5 Å². The van der Waals surface area contributed by atoms with E-state index in [4.69, 9.17) is 22.7 Å². The second-order valence-electron chi connectivity index (χ2n) is 3.91. The summed E-state index contributed by atoms with van der Waals surface area (Å²) in [5.41, 5.74) is 6.74. The van der Waals surface area contributed by atoms with Crippen molar-refractivity contribution in [2.45, 2.75) is 26.3 Å². The summed E-state index contributed by atoms with van der Waals surface area (Å²) in [6.45, 7) is 3.29. The second kappa shape index (κ2) is 6.51. The molecule has 0 saturated carbocycles. The highest BCUT2D eigenvalue weighted by Gasteiger charge is 2.07. The standard InChI is InChI=1S/C12H18N2O2S/c1-9-5-6-10(11(13)17)12(15)14(9)7-3-4-8-16-2/h5-6H,3-4,7-8H2,1-2H3,(H2,13,17). The number of nitrogens with zero attached hydrogens (tertiary/aromatic N) is 1. The molecule has 5 heteroatoms. The van der Waals surface area contributed by atoms with Crippen LogP contribution in [0.3, 0.4) is 0 Å². The van der Waals surface area contributed by atoms with E-state index in [9.17, 15) is 4.79 Å². The third kappa shape index (κ3) is 3.64. The predicted octanol–water partition coefficient (Wildman–Crippen LogP) is 1.22. The number of ether oxygens (including phenoxy) is 1. The molecule has 0 aliphatic heterocycles. The highest BCUT2D eigenvalue weighted by Crippen LogP contribution is 2.01. The molecule has 0 amide bonds. The van der Waals surface area contributed by atoms with Crippen LogP contribution in [-0.4, -0.2) is 23.3 Å². The first-order valence-corrected chi connectivity index (χ1v) is 5.98. The van der Waals surface area contributed by atoms with Crippen molar-refractivity contribution in [3.05, 3.63) is 33.7 Å². The van der Waals surface area contributed by atoms with Crippen LogP contribution in [0.2, 0.25) is 0 Å². The first-order valence-electron chi connectivity index (χ1n) is 5.57. The molecule has 1 aromatic heterocycles. The molecule has 2 N–H and O–H groups in total. The molecule has 0 aliphatic rings. The topological polar surface area (TPSA) is 57.2 Å². The fourth-order valence-electron chi connectivity index (χ4n) is 1.65. The molecule has 0 aromatic carbocycles. The molecular weight excluding hydrogens is 236 g/mol. The van der Waals surface area contributed by atoms with Crippen molar-refractivity contribution in [3.63, 3.8) is 0 Å². The second-order valence-corrected chi connectivity index (χ2v) is 4.35. The zero-order valence-electron chi connectivity index (χ0n) is 10.2. The van der Waals surface area contributed by atoms with Gasteiger partial charge in [-0.25, -0.2) is 0 Å². The van der Waals surface area contributed by atoms with Gasteiger partial charge in [0.2, 0.25) is 0 Å². The molecular formula is C12H18N2O2S. The average Bonchev–Trinajstić information content (AvgIpc) is 2.27. The Kier molecular flexibility index (Phi) is 5.31. The number of thiocarbonyl (C=S) groups is 1. The van der Waals surface area contributed by atoms with Crippen molar-refractivity contribution >= 4 is 17.2 Å². The minimum Gasteiger partial charge on any atom is -0.389 e. The molecule has 17 heavy (non-hydrogen) atoms. The Labute approximate surface area is 106 Å². The van der Waals surface area contributed by atoms with Crippen LogP contribution in [0.25, 0.3) is 0 Å². The smallest absolute Gasteiger partial charge is 0.260 e. The number of pyridine rings is 1. The Morgan fingerprint density at radius 3 is 2.76 bits per heavy atom. The van der Waals surface area contributed by atoms with Gasteiger partial charge in [-0.2, -0.15) is 0 Å². The zero-order chi connectivity index (χ0) is 12.8. The van der Waals surface area contributed by atoms with Gasteiger partial charge >= 0.3 is 0 Å². The van der Waals surface area contributed by atoms with E-state index in [1.165, 1.54) is 0 Å². The lowest BCUT2D eigenvalue weighted by atomic mass is 10.2. The van der Waals surface area contributed by atoms with Crippen LogP contribution in [-0.2, 0) is 11.3 Å². The number of aryl methyl sites for hydroxylation is 1. The van der Waals surface area contributed by atoms with E-state index in [0.29, 0.717) is 18.7 Å². The Bertz CT molecular complexity index is 454. The Morgan fingerprint density at radius 2 is 2.18 bits per heavy atom. The maximum Gasteiger partial charge on any atom is 0.260 e. The number of hydrogen-bond donors (Lipinski definition) is 1. The molecule has 0 atom stereocenters. The Morgan fingerprint density at radius 1 is 1.47 bits per heavy atom. The van der Waals surface area contributed by atoms with Crippen LogP contribution >= 0.6 is 12.2 Å². The van der Waals surface area contributed by atoms with Crippen LogP contribution in [0.1, 0.15) is 24.1 Å². The van der Waals surface area contributed by atoms with Gasteiger partial charge in [0.15, 0.2) is 0 Å². The van der Waals surface area contributed by atoms with Crippen molar-refractivity contribution in [1.29, 1.82) is 0 Å². The average molecular weight is 254 g/mol. The third-order valence-electron chi connectivity index (χ3n) is 2.64. The van der Waals surface area contributed by atoms with Crippen LogP contribution in [0.5, 0.6) is 0 Å². The minimum atomic E-state index is -0.102. The molecule has 0 fully saturated rings. The summed E-state index contributed by atoms with van der Waals surface area (Å²) in [6.07, 6.45) is 1.83. The summed E-state index contributed by atoms with van der Waals surface area (Å²) >= 11 is 4.85. The number of nitrogens with two attached hydrogens (primary N) is 1. The van der Waals surface area contributed by atoms with Gasteiger partial charge in [-0.1, -0.05) is 12.2 Å². The molecule has 4 nitrogen and oxygen atoms in total. The van der Waals surface area contributed by atoms with Crippen LogP contribution in [0, 0.1) is 6.92 Å². The monoisotopic (exact) mass is 254 g/mol. The number of aromatic nitrogens is 1. The van der Waals surface area contributed by atoms with E-state index < -0.39 is 0 Å². The lowest BCUT2D eigenvalue weighted by Gasteiger charge is -2.11. The maximum absolute atomic E-state index is 12.1. The summed E-state index contributed by atoms with van der Waals surface area (Å²) in [6, 6.07) is 3.55. The van der Waals surface area contributed by atoms with Gasteiger partial charge in [0.05, 0.1) is 5.56 Å². The van der Waals surface area contributed by atoms with Crippen LogP contribution in [0.15, 0.2) is 16.9 Å². The van der Waals surface area contributed by atoms with Crippen molar-refractivity contribution in [2.24, 2.45) is 5.73 Å². The molecule has 1 heterocycles. The van der Waals surface area contributed by atoms with Gasteiger partial charge in [-0.3, -0.25) is 4.79 Å². The minimum absolute atomic E-state index is 0.102. The van der Waals surface area contributed by atoms with Crippen molar-refractivity contribution in [3.8, 4) is 0 Å². The molecule has 94 valence electrons. The number of rotatable bonds is 6. The highest BCUT2D eigenvalue weighted by atomic mass is 32.1. The van der Waals surface area contributed by atoms with Gasteiger partial charge in [-0.15, -0.1) is 0 Å². The summed E-state index contributed by atoms with van der Waals surface area (Å²) in [4.78, 5) is 12.2. The zero-order valence-corrected chi connectivity index (χ0v) is 11.0. The first kappa shape index (κ1) is 13.9. The summed E-state index contributed by atoms with van der Waals surface area (Å²) in [5, 5.41) is 0. The van der Waals surface area contributed by atoms with E-state index in [-0.39, 0.29) is 10.5 Å². The molecule has 0 saturated heterocycles. The Hall–Kier alpha value is -1.20. The molecule has 0 spiro atoms. The maximum atomic E-state index is 12.1. The van der Waals surface area contributed by atoms with E-state index in [1.54, 1.807) is 17.7 Å². The SMILES string of the molecule is COCCCCn1c(C)ccc(C(N)=S)c1=O. The normalized spacial score (nSPS) is 10.5. The van der Waals surface area contributed by atoms with Gasteiger partial charge in [0, 0.05) is 26.0 Å². The quantitative estimate of drug-likeness (QED) is 0.612. The van der Waals surface area contributed by atoms with E-state index in [1.807, 2.05) is 13.0 Å². The number of unbranched alkanes of at least 4 members (excludes halogenated alkanes) is 1. The van der Waals surface area contributed by atoms with Crippen molar-refractivity contribution in [1.82, 2.24) is 4.57 Å². The van der Waals surface area contributed by atoms with E-state index >= 15 is 0 Å². The summed E-state index contributed by atoms with van der Waals surface area (Å²) < 4.78 is 6.69. The van der Waals surface area contributed by atoms with E-state index in [2.05, 4.69) is 0 Å². The van der Waals surface area contributed by atoms with Crippen LogP contribution in [0.4, 0.5) is 0 Å². The lowest BCUT2D eigenvalue weighted by Crippen LogP contribution is -2.30.